The Labute approximate surface area is 178 Å². The molecule has 1 heterocycles. The Kier molecular flexibility index (Phi) is 6.43. The summed E-state index contributed by atoms with van der Waals surface area (Å²) in [5, 5.41) is -0.0595. The van der Waals surface area contributed by atoms with Crippen LogP contribution < -0.4 is 10.5 Å². The van der Waals surface area contributed by atoms with E-state index in [0.717, 1.165) is 21.8 Å². The number of halogens is 2. The molecule has 3 amide bonds. The van der Waals surface area contributed by atoms with Crippen LogP contribution in [0.2, 0.25) is 5.02 Å². The van der Waals surface area contributed by atoms with Gasteiger partial charge in [-0.25, -0.2) is 0 Å². The first-order chi connectivity index (χ1) is 13.3. The van der Waals surface area contributed by atoms with Gasteiger partial charge in [-0.15, -0.1) is 0 Å². The van der Waals surface area contributed by atoms with Crippen LogP contribution in [0, 0.1) is 0 Å². The number of primary amides is 1. The zero-order valence-corrected chi connectivity index (χ0v) is 17.5. The van der Waals surface area contributed by atoms with Crippen LogP contribution in [-0.2, 0) is 16.1 Å². The molecule has 0 radical (unpaired) electrons. The second kappa shape index (κ2) is 8.81. The molecule has 0 spiro atoms. The predicted molar refractivity (Wildman–Crippen MR) is 112 cm³/mol. The first kappa shape index (κ1) is 20.4. The SMILES string of the molecule is NC(=O)COc1ccc(/C=C2\SC(=O)N(Cc3ccc(Br)cc3)C2=O)cc1Cl. The average molecular weight is 482 g/mol. The van der Waals surface area contributed by atoms with E-state index in [0.29, 0.717) is 16.2 Å². The molecule has 2 N–H and O–H groups in total. The van der Waals surface area contributed by atoms with Gasteiger partial charge in [-0.3, -0.25) is 19.3 Å². The van der Waals surface area contributed by atoms with Crippen molar-refractivity contribution >= 4 is 62.4 Å². The molecule has 3 rings (SSSR count). The van der Waals surface area contributed by atoms with Crippen molar-refractivity contribution < 1.29 is 19.1 Å². The van der Waals surface area contributed by atoms with Crippen molar-refractivity contribution in [3.63, 3.8) is 0 Å². The van der Waals surface area contributed by atoms with Gasteiger partial charge in [0.15, 0.2) is 6.61 Å². The van der Waals surface area contributed by atoms with Gasteiger partial charge in [-0.1, -0.05) is 45.7 Å². The van der Waals surface area contributed by atoms with E-state index in [4.69, 9.17) is 22.1 Å². The van der Waals surface area contributed by atoms with Crippen molar-refractivity contribution in [3.8, 4) is 5.75 Å². The van der Waals surface area contributed by atoms with E-state index in [9.17, 15) is 14.4 Å². The predicted octanol–water partition coefficient (Wildman–Crippen LogP) is 4.20. The Morgan fingerprint density at radius 1 is 1.21 bits per heavy atom. The number of hydrogen-bond acceptors (Lipinski definition) is 5. The molecular formula is C19H14BrClN2O4S. The number of nitrogens with zero attached hydrogens (tertiary/aromatic N) is 1. The lowest BCUT2D eigenvalue weighted by atomic mass is 10.2. The molecule has 0 aliphatic carbocycles. The molecule has 0 saturated carbocycles. The first-order valence-corrected chi connectivity index (χ1v) is 10.0. The lowest BCUT2D eigenvalue weighted by Gasteiger charge is -2.12. The average Bonchev–Trinajstić information content (AvgIpc) is 2.90. The maximum atomic E-state index is 12.6. The van der Waals surface area contributed by atoms with Gasteiger partial charge in [0.05, 0.1) is 16.5 Å². The summed E-state index contributed by atoms with van der Waals surface area (Å²) >= 11 is 10.4. The lowest BCUT2D eigenvalue weighted by Crippen LogP contribution is -2.27. The lowest BCUT2D eigenvalue weighted by molar-refractivity contribution is -0.123. The summed E-state index contributed by atoms with van der Waals surface area (Å²) in [6.45, 7) is -0.0794. The molecule has 2 aromatic carbocycles. The first-order valence-electron chi connectivity index (χ1n) is 8.04. The molecule has 1 saturated heterocycles. The van der Waals surface area contributed by atoms with E-state index < -0.39 is 5.91 Å². The van der Waals surface area contributed by atoms with E-state index >= 15 is 0 Å². The fourth-order valence-corrected chi connectivity index (χ4v) is 3.78. The molecule has 0 atom stereocenters. The third-order valence-corrected chi connectivity index (χ3v) is 5.48. The summed E-state index contributed by atoms with van der Waals surface area (Å²) in [5.41, 5.74) is 6.52. The van der Waals surface area contributed by atoms with Gasteiger partial charge in [0.25, 0.3) is 17.1 Å². The van der Waals surface area contributed by atoms with E-state index in [2.05, 4.69) is 15.9 Å². The summed E-state index contributed by atoms with van der Waals surface area (Å²) in [5.74, 6) is -0.663. The molecule has 1 aliphatic heterocycles. The summed E-state index contributed by atoms with van der Waals surface area (Å²) in [4.78, 5) is 37.2. The standard InChI is InChI=1S/C19H14BrClN2O4S/c20-13-4-1-11(2-5-13)9-23-18(25)16(28-19(23)26)8-12-3-6-15(14(21)7-12)27-10-17(22)24/h1-8H,9-10H2,(H2,22,24)/b16-8-. The number of rotatable bonds is 6. The summed E-state index contributed by atoms with van der Waals surface area (Å²) in [6, 6.07) is 12.2. The third-order valence-electron chi connectivity index (χ3n) is 3.75. The van der Waals surface area contributed by atoms with Crippen LogP contribution in [0.15, 0.2) is 51.8 Å². The monoisotopic (exact) mass is 480 g/mol. The zero-order valence-electron chi connectivity index (χ0n) is 14.4. The fourth-order valence-electron chi connectivity index (χ4n) is 2.43. The Morgan fingerprint density at radius 2 is 1.93 bits per heavy atom. The van der Waals surface area contributed by atoms with E-state index in [1.54, 1.807) is 24.3 Å². The van der Waals surface area contributed by atoms with Crippen LogP contribution in [0.3, 0.4) is 0 Å². The van der Waals surface area contributed by atoms with Crippen molar-refractivity contribution in [2.45, 2.75) is 6.54 Å². The van der Waals surface area contributed by atoms with E-state index in [-0.39, 0.29) is 29.3 Å². The van der Waals surface area contributed by atoms with Gasteiger partial charge >= 0.3 is 0 Å². The molecule has 1 fully saturated rings. The van der Waals surface area contributed by atoms with Crippen molar-refractivity contribution in [1.82, 2.24) is 4.90 Å². The van der Waals surface area contributed by atoms with Crippen molar-refractivity contribution in [2.75, 3.05) is 6.61 Å². The normalized spacial score (nSPS) is 15.4. The molecular weight excluding hydrogens is 468 g/mol. The molecule has 9 heteroatoms. The third kappa shape index (κ3) is 4.95. The molecule has 0 aromatic heterocycles. The molecule has 1 aliphatic rings. The highest BCUT2D eigenvalue weighted by Gasteiger charge is 2.34. The van der Waals surface area contributed by atoms with Gasteiger partial charge in [-0.05, 0) is 53.2 Å². The number of thioether (sulfide) groups is 1. The smallest absolute Gasteiger partial charge is 0.293 e. The van der Waals surface area contributed by atoms with Gasteiger partial charge < -0.3 is 10.5 Å². The number of hydrogen-bond donors (Lipinski definition) is 1. The van der Waals surface area contributed by atoms with Gasteiger partial charge in [-0.2, -0.15) is 0 Å². The summed E-state index contributed by atoms with van der Waals surface area (Å²) in [6.07, 6.45) is 1.59. The largest absolute Gasteiger partial charge is 0.482 e. The van der Waals surface area contributed by atoms with Gasteiger partial charge in [0, 0.05) is 4.47 Å². The summed E-state index contributed by atoms with van der Waals surface area (Å²) < 4.78 is 6.11. The number of imide groups is 1. The Balaban J connectivity index is 1.75. The number of benzene rings is 2. The molecule has 6 nitrogen and oxygen atoms in total. The second-order valence-electron chi connectivity index (χ2n) is 5.84. The number of carbonyl (C=O) groups excluding carboxylic acids is 3. The molecule has 2 aromatic rings. The topological polar surface area (TPSA) is 89.7 Å². The zero-order chi connectivity index (χ0) is 20.3. The van der Waals surface area contributed by atoms with Crippen LogP contribution in [0.5, 0.6) is 5.75 Å². The fraction of sp³-hybridized carbons (Fsp3) is 0.105. The highest BCUT2D eigenvalue weighted by atomic mass is 79.9. The molecule has 28 heavy (non-hydrogen) atoms. The maximum Gasteiger partial charge on any atom is 0.293 e. The number of carbonyl (C=O) groups is 3. The molecule has 0 bridgehead atoms. The minimum absolute atomic E-state index is 0.204. The minimum atomic E-state index is -0.611. The van der Waals surface area contributed by atoms with E-state index in [1.807, 2.05) is 24.3 Å². The minimum Gasteiger partial charge on any atom is -0.482 e. The summed E-state index contributed by atoms with van der Waals surface area (Å²) in [7, 11) is 0. The molecule has 0 unspecified atom stereocenters. The second-order valence-corrected chi connectivity index (χ2v) is 8.16. The van der Waals surface area contributed by atoms with Gasteiger partial charge in [0.2, 0.25) is 0 Å². The highest BCUT2D eigenvalue weighted by Crippen LogP contribution is 2.34. The molecule has 144 valence electrons. The number of nitrogens with two attached hydrogens (primary N) is 1. The van der Waals surface area contributed by atoms with Crippen LogP contribution in [-0.4, -0.2) is 28.6 Å². The van der Waals surface area contributed by atoms with Crippen LogP contribution in [0.1, 0.15) is 11.1 Å². The quantitative estimate of drug-likeness (QED) is 0.625. The van der Waals surface area contributed by atoms with Crippen molar-refractivity contribution in [2.24, 2.45) is 5.73 Å². The van der Waals surface area contributed by atoms with Gasteiger partial charge in [0.1, 0.15) is 5.75 Å². The Bertz CT molecular complexity index is 978. The highest BCUT2D eigenvalue weighted by molar-refractivity contribution is 9.10. The van der Waals surface area contributed by atoms with Crippen LogP contribution in [0.25, 0.3) is 6.08 Å². The van der Waals surface area contributed by atoms with Crippen molar-refractivity contribution in [3.05, 3.63) is 68.0 Å². The number of amides is 3. The van der Waals surface area contributed by atoms with Crippen LogP contribution in [0.4, 0.5) is 4.79 Å². The Morgan fingerprint density at radius 3 is 2.57 bits per heavy atom. The van der Waals surface area contributed by atoms with E-state index in [1.165, 1.54) is 4.90 Å². The van der Waals surface area contributed by atoms with Crippen molar-refractivity contribution in [1.29, 1.82) is 0 Å². The number of ether oxygens (including phenoxy) is 1. The Hall–Kier alpha value is -2.29. The van der Waals surface area contributed by atoms with Crippen LogP contribution >= 0.6 is 39.3 Å². The maximum absolute atomic E-state index is 12.6.